The van der Waals surface area contributed by atoms with Crippen molar-refractivity contribution in [2.45, 2.75) is 30.6 Å². The summed E-state index contributed by atoms with van der Waals surface area (Å²) in [6.45, 7) is 3.81. The second kappa shape index (κ2) is 6.57. The van der Waals surface area contributed by atoms with Crippen LogP contribution >= 0.6 is 0 Å². The maximum atomic E-state index is 12.7. The van der Waals surface area contributed by atoms with Crippen LogP contribution in [-0.4, -0.2) is 47.6 Å². The second-order valence-corrected chi connectivity index (χ2v) is 8.30. The van der Waals surface area contributed by atoms with Gasteiger partial charge in [-0.3, -0.25) is 4.18 Å². The fraction of sp³-hybridized carbons (Fsp3) is 0.444. The molecule has 1 atom stereocenters. The molecule has 0 spiro atoms. The second-order valence-electron chi connectivity index (χ2n) is 6.71. The van der Waals surface area contributed by atoms with E-state index in [2.05, 4.69) is 0 Å². The lowest BCUT2D eigenvalue weighted by atomic mass is 10.1. The third-order valence-corrected chi connectivity index (χ3v) is 5.43. The average molecular weight is 365 g/mol. The van der Waals surface area contributed by atoms with E-state index in [1.807, 2.05) is 37.2 Å². The molecule has 0 aromatic heterocycles. The van der Waals surface area contributed by atoms with Crippen LogP contribution in [0.1, 0.15) is 13.8 Å². The van der Waals surface area contributed by atoms with Crippen molar-refractivity contribution in [1.82, 2.24) is 0 Å². The van der Waals surface area contributed by atoms with E-state index in [1.165, 1.54) is 0 Å². The molecule has 0 aliphatic carbocycles. The standard InChI is InChI=1S/C18H23NO5S/c1-18(2)22-11-13(24-18)12-23-25(20,21)17-10-6-7-14-15(17)8-5-9-16(14)19(3)4/h5-10,13H,11-12H2,1-4H3. The number of anilines is 1. The molecule has 0 N–H and O–H groups in total. The topological polar surface area (TPSA) is 65.1 Å². The minimum absolute atomic E-state index is 0.0739. The van der Waals surface area contributed by atoms with Crippen LogP contribution in [0, 0.1) is 0 Å². The maximum absolute atomic E-state index is 12.7. The van der Waals surface area contributed by atoms with Crippen molar-refractivity contribution < 1.29 is 22.1 Å². The minimum atomic E-state index is -3.91. The largest absolute Gasteiger partial charge is 0.377 e. The van der Waals surface area contributed by atoms with Gasteiger partial charge in [-0.2, -0.15) is 8.42 Å². The Labute approximate surface area is 148 Å². The van der Waals surface area contributed by atoms with Crippen molar-refractivity contribution in [3.05, 3.63) is 36.4 Å². The number of rotatable bonds is 5. The summed E-state index contributed by atoms with van der Waals surface area (Å²) in [7, 11) is -0.0637. The third kappa shape index (κ3) is 3.79. The Kier molecular flexibility index (Phi) is 4.76. The molecule has 6 nitrogen and oxygen atoms in total. The summed E-state index contributed by atoms with van der Waals surface area (Å²) >= 11 is 0. The molecule has 1 heterocycles. The zero-order valence-electron chi connectivity index (χ0n) is 14.9. The molecule has 2 aromatic carbocycles. The monoisotopic (exact) mass is 365 g/mol. The van der Waals surface area contributed by atoms with Gasteiger partial charge in [-0.25, -0.2) is 0 Å². The average Bonchev–Trinajstić information content (AvgIpc) is 2.91. The normalized spacial score (nSPS) is 20.1. The Morgan fingerprint density at radius 3 is 2.48 bits per heavy atom. The van der Waals surface area contributed by atoms with Gasteiger partial charge >= 0.3 is 0 Å². The quantitative estimate of drug-likeness (QED) is 0.759. The highest BCUT2D eigenvalue weighted by atomic mass is 32.2. The van der Waals surface area contributed by atoms with E-state index in [4.69, 9.17) is 13.7 Å². The van der Waals surface area contributed by atoms with Crippen molar-refractivity contribution in [1.29, 1.82) is 0 Å². The first-order chi connectivity index (χ1) is 11.7. The smallest absolute Gasteiger partial charge is 0.297 e. The number of hydrogen-bond donors (Lipinski definition) is 0. The van der Waals surface area contributed by atoms with Crippen LogP contribution in [-0.2, 0) is 23.8 Å². The van der Waals surface area contributed by atoms with Crippen LogP contribution in [0.25, 0.3) is 10.8 Å². The number of ether oxygens (including phenoxy) is 2. The molecule has 1 aliphatic heterocycles. The molecule has 7 heteroatoms. The molecule has 0 amide bonds. The van der Waals surface area contributed by atoms with Crippen LogP contribution in [0.15, 0.2) is 41.3 Å². The van der Waals surface area contributed by atoms with Crippen LogP contribution < -0.4 is 4.90 Å². The molecule has 1 fully saturated rings. The predicted octanol–water partition coefficient (Wildman–Crippen LogP) is 2.76. The highest BCUT2D eigenvalue weighted by Crippen LogP contribution is 2.31. The molecule has 3 rings (SSSR count). The number of benzene rings is 2. The summed E-state index contributed by atoms with van der Waals surface area (Å²) in [4.78, 5) is 2.11. The molecular weight excluding hydrogens is 342 g/mol. The first-order valence-corrected chi connectivity index (χ1v) is 9.51. The Hall–Kier alpha value is -1.67. The van der Waals surface area contributed by atoms with Gasteiger partial charge in [-0.15, -0.1) is 0 Å². The maximum Gasteiger partial charge on any atom is 0.297 e. The molecule has 0 bridgehead atoms. The van der Waals surface area contributed by atoms with E-state index in [0.717, 1.165) is 11.1 Å². The van der Waals surface area contributed by atoms with E-state index >= 15 is 0 Å². The lowest BCUT2D eigenvalue weighted by molar-refractivity contribution is -0.141. The predicted molar refractivity (Wildman–Crippen MR) is 96.3 cm³/mol. The summed E-state index contributed by atoms with van der Waals surface area (Å²) in [6.07, 6.45) is -0.405. The summed E-state index contributed by atoms with van der Waals surface area (Å²) in [5.74, 6) is -0.710. The van der Waals surface area contributed by atoms with Gasteiger partial charge in [-0.05, 0) is 26.0 Å². The van der Waals surface area contributed by atoms with Gasteiger partial charge in [0.05, 0.1) is 13.2 Å². The zero-order valence-corrected chi connectivity index (χ0v) is 15.7. The molecule has 136 valence electrons. The van der Waals surface area contributed by atoms with Crippen LogP contribution in [0.3, 0.4) is 0 Å². The van der Waals surface area contributed by atoms with Gasteiger partial charge < -0.3 is 14.4 Å². The lowest BCUT2D eigenvalue weighted by Gasteiger charge is -2.18. The molecule has 0 radical (unpaired) electrons. The SMILES string of the molecule is CN(C)c1cccc2c(S(=O)(=O)OCC3COC(C)(C)O3)cccc12. The van der Waals surface area contributed by atoms with Gasteiger partial charge in [0, 0.05) is 30.6 Å². The summed E-state index contributed by atoms with van der Waals surface area (Å²) in [6, 6.07) is 10.8. The van der Waals surface area contributed by atoms with Crippen molar-refractivity contribution in [2.75, 3.05) is 32.2 Å². The van der Waals surface area contributed by atoms with Crippen molar-refractivity contribution >= 4 is 26.6 Å². The zero-order chi connectivity index (χ0) is 18.2. The first kappa shape index (κ1) is 18.1. The number of fused-ring (bicyclic) bond motifs is 1. The molecule has 1 saturated heterocycles. The third-order valence-electron chi connectivity index (χ3n) is 4.09. The Morgan fingerprint density at radius 2 is 1.84 bits per heavy atom. The van der Waals surface area contributed by atoms with Crippen molar-refractivity contribution in [3.63, 3.8) is 0 Å². The van der Waals surface area contributed by atoms with Gasteiger partial charge in [0.15, 0.2) is 5.79 Å². The van der Waals surface area contributed by atoms with Gasteiger partial charge in [0.1, 0.15) is 11.0 Å². The fourth-order valence-electron chi connectivity index (χ4n) is 2.95. The van der Waals surface area contributed by atoms with Crippen molar-refractivity contribution in [2.24, 2.45) is 0 Å². The van der Waals surface area contributed by atoms with E-state index < -0.39 is 22.0 Å². The van der Waals surface area contributed by atoms with E-state index in [1.54, 1.807) is 32.0 Å². The Balaban J connectivity index is 1.89. The van der Waals surface area contributed by atoms with Crippen LogP contribution in [0.5, 0.6) is 0 Å². The van der Waals surface area contributed by atoms with Gasteiger partial charge in [-0.1, -0.05) is 24.3 Å². The fourth-order valence-corrected chi connectivity index (χ4v) is 4.10. The Bertz CT molecular complexity index is 876. The minimum Gasteiger partial charge on any atom is -0.377 e. The first-order valence-electron chi connectivity index (χ1n) is 8.10. The molecular formula is C18H23NO5S. The van der Waals surface area contributed by atoms with E-state index in [-0.39, 0.29) is 11.5 Å². The van der Waals surface area contributed by atoms with Crippen LogP contribution in [0.2, 0.25) is 0 Å². The highest BCUT2D eigenvalue weighted by Gasteiger charge is 2.34. The molecule has 0 saturated carbocycles. The molecule has 1 unspecified atom stereocenters. The molecule has 2 aromatic rings. The van der Waals surface area contributed by atoms with Crippen LogP contribution in [0.4, 0.5) is 5.69 Å². The summed E-state index contributed by atoms with van der Waals surface area (Å²) in [5.41, 5.74) is 0.948. The number of nitrogens with zero attached hydrogens (tertiary/aromatic N) is 1. The van der Waals surface area contributed by atoms with Gasteiger partial charge in [0.2, 0.25) is 0 Å². The van der Waals surface area contributed by atoms with Gasteiger partial charge in [0.25, 0.3) is 10.1 Å². The highest BCUT2D eigenvalue weighted by molar-refractivity contribution is 7.87. The number of hydrogen-bond acceptors (Lipinski definition) is 6. The van der Waals surface area contributed by atoms with E-state index in [9.17, 15) is 8.42 Å². The van der Waals surface area contributed by atoms with Crippen molar-refractivity contribution in [3.8, 4) is 0 Å². The Morgan fingerprint density at radius 1 is 1.16 bits per heavy atom. The summed E-state index contributed by atoms with van der Waals surface area (Å²) < 4.78 is 41.7. The van der Waals surface area contributed by atoms with E-state index in [0.29, 0.717) is 12.0 Å². The molecule has 1 aliphatic rings. The summed E-state index contributed by atoms with van der Waals surface area (Å²) in [5, 5.41) is 1.50. The molecule has 25 heavy (non-hydrogen) atoms. The lowest BCUT2D eigenvalue weighted by Crippen LogP contribution is -2.25.